The molecule has 5 N–H and O–H groups in total. The highest BCUT2D eigenvalue weighted by molar-refractivity contribution is 8.01. The lowest BCUT2D eigenvalue weighted by atomic mass is 10.0. The number of β-lactam (4-membered cyclic amide) rings is 1. The van der Waals surface area contributed by atoms with E-state index in [1.165, 1.54) is 35.5 Å². The molecule has 15 nitrogen and oxygen atoms in total. The first-order chi connectivity index (χ1) is 21.3. The molecule has 4 heterocycles. The number of nitrogen functional groups attached to an aromatic ring is 1. The van der Waals surface area contributed by atoms with Gasteiger partial charge in [-0.25, -0.2) is 14.6 Å². The molecule has 2 aromatic heterocycles. The fourth-order valence-electron chi connectivity index (χ4n) is 3.81. The van der Waals surface area contributed by atoms with E-state index in [1.54, 1.807) is 5.38 Å². The second-order valence-corrected chi connectivity index (χ2v) is 11.6. The Labute approximate surface area is 262 Å². The Morgan fingerprint density at radius 1 is 1.24 bits per heavy atom. The van der Waals surface area contributed by atoms with E-state index in [-0.39, 0.29) is 33.2 Å². The van der Waals surface area contributed by atoms with Crippen molar-refractivity contribution in [2.75, 3.05) is 24.3 Å². The number of carbonyl (C=O) groups excluding carboxylic acids is 2. The van der Waals surface area contributed by atoms with Gasteiger partial charge in [-0.2, -0.15) is 13.2 Å². The van der Waals surface area contributed by atoms with Gasteiger partial charge in [-0.05, 0) is 17.7 Å². The molecule has 0 radical (unpaired) electrons. The number of nitrogens with zero attached hydrogens (tertiary/aromatic N) is 5. The van der Waals surface area contributed by atoms with Crippen molar-refractivity contribution >= 4 is 69.5 Å². The molecule has 0 aliphatic carbocycles. The number of aromatic nitrogens is 3. The number of thioether (sulfide) groups is 2. The van der Waals surface area contributed by atoms with Gasteiger partial charge in [0.05, 0.1) is 0 Å². The molecule has 0 spiro atoms. The number of thiazole rings is 1. The molecule has 21 heteroatoms. The molecule has 1 aromatic carbocycles. The number of rotatable bonds is 9. The molecule has 45 heavy (non-hydrogen) atoms. The quantitative estimate of drug-likeness (QED) is 0.110. The van der Waals surface area contributed by atoms with E-state index < -0.39 is 41.3 Å². The van der Waals surface area contributed by atoms with E-state index in [9.17, 15) is 32.7 Å². The summed E-state index contributed by atoms with van der Waals surface area (Å²) in [6.07, 6.45) is -5.08. The van der Waals surface area contributed by atoms with Gasteiger partial charge in [-0.3, -0.25) is 14.5 Å². The number of amides is 2. The minimum absolute atomic E-state index is 0.113. The fraction of sp³-hybridized carbons (Fsp3) is 0.250. The molecule has 2 aliphatic rings. The lowest BCUT2D eigenvalue weighted by Crippen LogP contribution is -2.71. The molecule has 238 valence electrons. The standard InChI is InChI=1S/C22H19N7O6S3.C2HF3O2/c1-34-28-13(12-9-37-21(23)24-12)16(30)25-14-18(31)29-15(20(32)33)11(7-36-19(14)29)8-38-22-27-26-17(35-22)10-5-3-2-4-6-10;3-2(4,5)1(6)7/h2-6,9,14,19H,7-8H2,1H3,(H2,23,24)(H,25,30)(H,32,33);(H,6,7)/t14-,19+;/m1./s1. The maximum atomic E-state index is 13.0. The third-order valence-corrected chi connectivity index (χ3v) is 8.66. The maximum absolute atomic E-state index is 13.0. The van der Waals surface area contributed by atoms with Crippen molar-refractivity contribution in [2.24, 2.45) is 5.16 Å². The number of nitrogens with two attached hydrogens (primary N) is 1. The predicted octanol–water partition coefficient (Wildman–Crippen LogP) is 2.29. The second-order valence-electron chi connectivity index (χ2n) is 8.64. The smallest absolute Gasteiger partial charge is 0.477 e. The summed E-state index contributed by atoms with van der Waals surface area (Å²) in [6.45, 7) is 0. The van der Waals surface area contributed by atoms with Crippen molar-refractivity contribution in [3.63, 3.8) is 0 Å². The van der Waals surface area contributed by atoms with Gasteiger partial charge in [-0.15, -0.1) is 33.3 Å². The highest BCUT2D eigenvalue weighted by Gasteiger charge is 2.54. The summed E-state index contributed by atoms with van der Waals surface area (Å²) >= 11 is 3.65. The summed E-state index contributed by atoms with van der Waals surface area (Å²) in [5.41, 5.74) is 6.89. The maximum Gasteiger partial charge on any atom is 0.490 e. The van der Waals surface area contributed by atoms with E-state index in [0.717, 1.165) is 16.9 Å². The lowest BCUT2D eigenvalue weighted by Gasteiger charge is -2.49. The van der Waals surface area contributed by atoms with E-state index in [0.29, 0.717) is 17.2 Å². The molecular weight excluding hydrogens is 668 g/mol. The van der Waals surface area contributed by atoms with Gasteiger partial charge in [0.25, 0.3) is 17.0 Å². The van der Waals surface area contributed by atoms with Gasteiger partial charge in [0, 0.05) is 22.4 Å². The first-order valence-corrected chi connectivity index (χ1v) is 15.1. The molecule has 2 atom stereocenters. The third kappa shape index (κ3) is 7.72. The molecule has 0 bridgehead atoms. The van der Waals surface area contributed by atoms with E-state index >= 15 is 0 Å². The average Bonchev–Trinajstić information content (AvgIpc) is 3.66. The van der Waals surface area contributed by atoms with Gasteiger partial charge in [-0.1, -0.05) is 35.1 Å². The predicted molar refractivity (Wildman–Crippen MR) is 154 cm³/mol. The van der Waals surface area contributed by atoms with Gasteiger partial charge >= 0.3 is 18.1 Å². The number of benzene rings is 1. The van der Waals surface area contributed by atoms with Crippen molar-refractivity contribution in [1.82, 2.24) is 25.4 Å². The molecule has 1 fully saturated rings. The molecular formula is C24H20F3N7O8S3. The summed E-state index contributed by atoms with van der Waals surface area (Å²) in [6, 6.07) is 8.31. The number of hydrogen-bond acceptors (Lipinski definition) is 14. The number of carboxylic acid groups (broad SMARTS) is 2. The number of aliphatic carboxylic acids is 2. The topological polar surface area (TPSA) is 223 Å². The van der Waals surface area contributed by atoms with Crippen LogP contribution in [-0.2, 0) is 24.0 Å². The van der Waals surface area contributed by atoms with Gasteiger partial charge in [0.1, 0.15) is 29.9 Å². The van der Waals surface area contributed by atoms with Crippen molar-refractivity contribution < 1.29 is 51.8 Å². The zero-order valence-corrected chi connectivity index (χ0v) is 25.0. The molecule has 2 amide bonds. The molecule has 2 aliphatic heterocycles. The Bertz CT molecular complexity index is 1660. The largest absolute Gasteiger partial charge is 0.490 e. The van der Waals surface area contributed by atoms with Crippen LogP contribution in [0.4, 0.5) is 18.3 Å². The number of fused-ring (bicyclic) bond motifs is 1. The van der Waals surface area contributed by atoms with Crippen molar-refractivity contribution in [3.05, 3.63) is 52.7 Å². The Kier molecular flexibility index (Phi) is 10.3. The third-order valence-electron chi connectivity index (χ3n) is 5.74. The van der Waals surface area contributed by atoms with Crippen LogP contribution < -0.4 is 11.1 Å². The number of hydrogen-bond donors (Lipinski definition) is 4. The van der Waals surface area contributed by atoms with Crippen LogP contribution in [-0.4, -0.2) is 96.0 Å². The van der Waals surface area contributed by atoms with Crippen LogP contribution in [0.5, 0.6) is 0 Å². The molecule has 1 saturated heterocycles. The second kappa shape index (κ2) is 14.0. The van der Waals surface area contributed by atoms with Gasteiger partial charge in [0.15, 0.2) is 10.8 Å². The normalized spacial score (nSPS) is 17.9. The summed E-state index contributed by atoms with van der Waals surface area (Å²) in [5, 5.41) is 32.9. The van der Waals surface area contributed by atoms with Crippen LogP contribution in [0.25, 0.3) is 11.5 Å². The molecule has 0 unspecified atom stereocenters. The number of carboxylic acids is 2. The minimum Gasteiger partial charge on any atom is -0.477 e. The molecule has 0 saturated carbocycles. The van der Waals surface area contributed by atoms with E-state index in [1.807, 2.05) is 30.3 Å². The monoisotopic (exact) mass is 687 g/mol. The molecule has 3 aromatic rings. The first-order valence-electron chi connectivity index (χ1n) is 12.2. The van der Waals surface area contributed by atoms with E-state index in [4.69, 9.17) is 24.9 Å². The van der Waals surface area contributed by atoms with E-state index in [2.05, 4.69) is 25.7 Å². The zero-order chi connectivity index (χ0) is 32.9. The Morgan fingerprint density at radius 2 is 1.93 bits per heavy atom. The SMILES string of the molecule is CON=C(C(=O)N[C@@H]1C(=O)N2C(C(=O)O)=C(CSc3nnc(-c4ccccc4)o3)CS[C@@H]12)c1csc(N)n1.O=C(O)C(F)(F)F. The average molecular weight is 688 g/mol. The Balaban J connectivity index is 0.000000591. The Morgan fingerprint density at radius 3 is 2.51 bits per heavy atom. The van der Waals surface area contributed by atoms with Gasteiger partial charge < -0.3 is 30.5 Å². The number of alkyl halides is 3. The summed E-state index contributed by atoms with van der Waals surface area (Å²) in [5.74, 6) is -4.32. The number of carbonyl (C=O) groups is 4. The highest BCUT2D eigenvalue weighted by Crippen LogP contribution is 2.41. The van der Waals surface area contributed by atoms with Crippen LogP contribution in [0.3, 0.4) is 0 Å². The van der Waals surface area contributed by atoms with Crippen molar-refractivity contribution in [2.45, 2.75) is 22.8 Å². The number of oxime groups is 1. The van der Waals surface area contributed by atoms with Crippen LogP contribution in [0.2, 0.25) is 0 Å². The van der Waals surface area contributed by atoms with Crippen molar-refractivity contribution in [1.29, 1.82) is 0 Å². The van der Waals surface area contributed by atoms with Crippen LogP contribution in [0, 0.1) is 0 Å². The summed E-state index contributed by atoms with van der Waals surface area (Å²) in [4.78, 5) is 56.9. The minimum atomic E-state index is -5.08. The molecule has 5 rings (SSSR count). The summed E-state index contributed by atoms with van der Waals surface area (Å²) in [7, 11) is 1.27. The van der Waals surface area contributed by atoms with Crippen LogP contribution in [0.1, 0.15) is 5.69 Å². The Hall–Kier alpha value is -4.63. The first kappa shape index (κ1) is 33.3. The number of nitrogens with one attached hydrogen (secondary N) is 1. The van der Waals surface area contributed by atoms with Gasteiger partial charge in [0.2, 0.25) is 5.89 Å². The van der Waals surface area contributed by atoms with Crippen LogP contribution in [0.15, 0.2) is 61.8 Å². The lowest BCUT2D eigenvalue weighted by molar-refractivity contribution is -0.192. The van der Waals surface area contributed by atoms with Crippen molar-refractivity contribution in [3.8, 4) is 11.5 Å². The summed E-state index contributed by atoms with van der Waals surface area (Å²) < 4.78 is 37.4. The number of halogens is 3. The van der Waals surface area contributed by atoms with Crippen LogP contribution >= 0.6 is 34.9 Å². The number of anilines is 1. The zero-order valence-electron chi connectivity index (χ0n) is 22.5. The fourth-order valence-corrected chi connectivity index (χ4v) is 6.61. The highest BCUT2D eigenvalue weighted by atomic mass is 32.2.